The Bertz CT molecular complexity index is 699. The van der Waals surface area contributed by atoms with Crippen LogP contribution in [0.3, 0.4) is 0 Å². The van der Waals surface area contributed by atoms with E-state index in [-0.39, 0.29) is 29.6 Å². The molecule has 0 bridgehead atoms. The molecule has 9 nitrogen and oxygen atoms in total. The van der Waals surface area contributed by atoms with Crippen molar-refractivity contribution in [1.29, 1.82) is 0 Å². The Hall–Kier alpha value is -2.84. The fourth-order valence-electron chi connectivity index (χ4n) is 2.76. The highest BCUT2D eigenvalue weighted by molar-refractivity contribution is 5.96. The van der Waals surface area contributed by atoms with Gasteiger partial charge >= 0.3 is 5.97 Å². The van der Waals surface area contributed by atoms with Crippen LogP contribution in [0.2, 0.25) is 0 Å². The van der Waals surface area contributed by atoms with Gasteiger partial charge in [-0.15, -0.1) is 0 Å². The lowest BCUT2D eigenvalue weighted by molar-refractivity contribution is -0.385. The van der Waals surface area contributed by atoms with E-state index >= 15 is 0 Å². The molecular weight excluding hydrogens is 344 g/mol. The lowest BCUT2D eigenvalue weighted by atomic mass is 10.1. The summed E-state index contributed by atoms with van der Waals surface area (Å²) in [7, 11) is 1.34. The van der Waals surface area contributed by atoms with Gasteiger partial charge in [0.15, 0.2) is 17.6 Å². The number of hydrogen-bond donors (Lipinski definition) is 0. The largest absolute Gasteiger partial charge is 0.493 e. The quantitative estimate of drug-likeness (QED) is 0.413. The van der Waals surface area contributed by atoms with Crippen LogP contribution in [0.4, 0.5) is 5.69 Å². The molecule has 1 amide bonds. The van der Waals surface area contributed by atoms with Crippen LogP contribution in [0.25, 0.3) is 0 Å². The fourth-order valence-corrected chi connectivity index (χ4v) is 2.76. The van der Waals surface area contributed by atoms with E-state index in [1.165, 1.54) is 20.1 Å². The second kappa shape index (κ2) is 8.50. The fraction of sp³-hybridized carbons (Fsp3) is 0.529. The molecule has 0 aromatic heterocycles. The molecule has 1 saturated heterocycles. The maximum absolute atomic E-state index is 12.5. The van der Waals surface area contributed by atoms with Crippen molar-refractivity contribution in [1.82, 2.24) is 4.90 Å². The summed E-state index contributed by atoms with van der Waals surface area (Å²) in [6.45, 7) is 4.72. The summed E-state index contributed by atoms with van der Waals surface area (Å²) >= 11 is 0. The first-order valence-corrected chi connectivity index (χ1v) is 8.38. The highest BCUT2D eigenvalue weighted by Gasteiger charge is 2.30. The Balaban J connectivity index is 2.26. The Labute approximate surface area is 151 Å². The van der Waals surface area contributed by atoms with Crippen LogP contribution in [-0.2, 0) is 9.53 Å². The third kappa shape index (κ3) is 4.22. The Kier molecular flexibility index (Phi) is 6.37. The minimum absolute atomic E-state index is 0.135. The van der Waals surface area contributed by atoms with Gasteiger partial charge in [0.05, 0.1) is 24.7 Å². The minimum atomic E-state index is -1.03. The topological polar surface area (TPSA) is 108 Å². The zero-order chi connectivity index (χ0) is 19.3. The van der Waals surface area contributed by atoms with Crippen molar-refractivity contribution in [2.75, 3.05) is 26.8 Å². The first-order chi connectivity index (χ1) is 12.4. The molecule has 142 valence electrons. The third-order valence-electron chi connectivity index (χ3n) is 4.05. The smallest absolute Gasteiger partial charge is 0.346 e. The van der Waals surface area contributed by atoms with Crippen LogP contribution in [0.5, 0.6) is 11.5 Å². The van der Waals surface area contributed by atoms with Crippen molar-refractivity contribution in [2.24, 2.45) is 0 Å². The normalized spacial score (nSPS) is 14.7. The van der Waals surface area contributed by atoms with E-state index in [0.717, 1.165) is 18.9 Å². The number of benzene rings is 1. The molecule has 0 aliphatic carbocycles. The minimum Gasteiger partial charge on any atom is -0.493 e. The van der Waals surface area contributed by atoms with Crippen molar-refractivity contribution in [2.45, 2.75) is 32.8 Å². The number of nitro groups is 1. The van der Waals surface area contributed by atoms with Crippen LogP contribution >= 0.6 is 0 Å². The van der Waals surface area contributed by atoms with E-state index in [1.54, 1.807) is 11.8 Å². The summed E-state index contributed by atoms with van der Waals surface area (Å²) < 4.78 is 15.6. The van der Waals surface area contributed by atoms with Gasteiger partial charge in [-0.25, -0.2) is 4.79 Å². The highest BCUT2D eigenvalue weighted by Crippen LogP contribution is 2.35. The zero-order valence-electron chi connectivity index (χ0n) is 15.0. The highest BCUT2D eigenvalue weighted by atomic mass is 16.6. The maximum Gasteiger partial charge on any atom is 0.346 e. The third-order valence-corrected chi connectivity index (χ3v) is 4.05. The van der Waals surface area contributed by atoms with Gasteiger partial charge in [-0.3, -0.25) is 14.9 Å². The van der Waals surface area contributed by atoms with E-state index in [2.05, 4.69) is 0 Å². The van der Waals surface area contributed by atoms with Crippen LogP contribution in [0, 0.1) is 10.1 Å². The number of esters is 1. The molecule has 1 atom stereocenters. The SMILES string of the molecule is CCOc1cc(C(=O)OC(C)C(=O)N2CCCC2)c([N+](=O)[O-])cc1OC. The summed E-state index contributed by atoms with van der Waals surface area (Å²) in [6, 6.07) is 2.31. The molecule has 1 fully saturated rings. The lowest BCUT2D eigenvalue weighted by Crippen LogP contribution is -2.38. The molecule has 1 aliphatic heterocycles. The van der Waals surface area contributed by atoms with Gasteiger partial charge in [0.1, 0.15) is 5.56 Å². The van der Waals surface area contributed by atoms with E-state index < -0.39 is 22.7 Å². The number of nitrogens with zero attached hydrogens (tertiary/aromatic N) is 2. The van der Waals surface area contributed by atoms with Gasteiger partial charge in [0.25, 0.3) is 11.6 Å². The van der Waals surface area contributed by atoms with E-state index in [0.29, 0.717) is 13.1 Å². The number of ether oxygens (including phenoxy) is 3. The number of rotatable bonds is 7. The Morgan fingerprint density at radius 3 is 2.46 bits per heavy atom. The van der Waals surface area contributed by atoms with E-state index in [9.17, 15) is 19.7 Å². The molecule has 1 heterocycles. The van der Waals surface area contributed by atoms with Crippen molar-refractivity contribution in [3.8, 4) is 11.5 Å². The van der Waals surface area contributed by atoms with Gasteiger partial charge in [-0.05, 0) is 26.7 Å². The standard InChI is InChI=1S/C17H22N2O7/c1-4-25-15-9-12(13(19(22)23)10-14(15)24-3)17(21)26-11(2)16(20)18-7-5-6-8-18/h9-11H,4-8H2,1-3H3. The second-order valence-electron chi connectivity index (χ2n) is 5.79. The van der Waals surface area contributed by atoms with Crippen molar-refractivity contribution in [3.63, 3.8) is 0 Å². The Morgan fingerprint density at radius 1 is 1.27 bits per heavy atom. The molecule has 2 rings (SSSR count). The maximum atomic E-state index is 12.5. The predicted molar refractivity (Wildman–Crippen MR) is 91.5 cm³/mol. The molecule has 1 aromatic rings. The number of methoxy groups -OCH3 is 1. The average molecular weight is 366 g/mol. The van der Waals surface area contributed by atoms with Crippen molar-refractivity contribution >= 4 is 17.6 Å². The van der Waals surface area contributed by atoms with Crippen molar-refractivity contribution < 1.29 is 28.7 Å². The zero-order valence-corrected chi connectivity index (χ0v) is 15.0. The Morgan fingerprint density at radius 2 is 1.92 bits per heavy atom. The summed E-state index contributed by atoms with van der Waals surface area (Å²) in [5, 5.41) is 11.3. The van der Waals surface area contributed by atoms with E-state index in [1.807, 2.05) is 0 Å². The summed E-state index contributed by atoms with van der Waals surface area (Å²) in [5.74, 6) is -0.945. The average Bonchev–Trinajstić information content (AvgIpc) is 3.15. The van der Waals surface area contributed by atoms with Crippen LogP contribution < -0.4 is 9.47 Å². The summed E-state index contributed by atoms with van der Waals surface area (Å²) in [6.07, 6.45) is 0.792. The lowest BCUT2D eigenvalue weighted by Gasteiger charge is -2.20. The number of carbonyl (C=O) groups is 2. The monoisotopic (exact) mass is 366 g/mol. The van der Waals surface area contributed by atoms with Gasteiger partial charge in [-0.2, -0.15) is 0 Å². The summed E-state index contributed by atoms with van der Waals surface area (Å²) in [5.41, 5.74) is -0.767. The molecule has 1 aliphatic rings. The molecule has 1 unspecified atom stereocenters. The molecule has 0 saturated carbocycles. The van der Waals surface area contributed by atoms with Gasteiger partial charge in [0.2, 0.25) is 0 Å². The van der Waals surface area contributed by atoms with Gasteiger partial charge in [0, 0.05) is 19.2 Å². The molecule has 0 spiro atoms. The molecule has 9 heteroatoms. The van der Waals surface area contributed by atoms with Gasteiger partial charge < -0.3 is 19.1 Å². The van der Waals surface area contributed by atoms with Crippen LogP contribution in [0.1, 0.15) is 37.0 Å². The molecule has 26 heavy (non-hydrogen) atoms. The van der Waals surface area contributed by atoms with Crippen LogP contribution in [0.15, 0.2) is 12.1 Å². The number of carbonyl (C=O) groups excluding carboxylic acids is 2. The van der Waals surface area contributed by atoms with E-state index in [4.69, 9.17) is 14.2 Å². The second-order valence-corrected chi connectivity index (χ2v) is 5.79. The van der Waals surface area contributed by atoms with Crippen LogP contribution in [-0.4, -0.2) is 54.6 Å². The predicted octanol–water partition coefficient (Wildman–Crippen LogP) is 2.17. The molecule has 0 radical (unpaired) electrons. The van der Waals surface area contributed by atoms with Gasteiger partial charge in [-0.1, -0.05) is 0 Å². The molecular formula is C17H22N2O7. The first-order valence-electron chi connectivity index (χ1n) is 8.38. The number of amides is 1. The number of nitro benzene ring substituents is 1. The number of hydrogen-bond acceptors (Lipinski definition) is 7. The first kappa shape index (κ1) is 19.5. The van der Waals surface area contributed by atoms with Crippen molar-refractivity contribution in [3.05, 3.63) is 27.8 Å². The molecule has 0 N–H and O–H groups in total. The summed E-state index contributed by atoms with van der Waals surface area (Å²) in [4.78, 5) is 37.0. The molecule has 1 aromatic carbocycles. The number of likely N-dealkylation sites (tertiary alicyclic amines) is 1.